The molecule has 0 saturated carbocycles. The lowest BCUT2D eigenvalue weighted by Gasteiger charge is -2.09. The van der Waals surface area contributed by atoms with Crippen LogP contribution in [0.1, 0.15) is 11.3 Å². The Morgan fingerprint density at radius 1 is 1.16 bits per heavy atom. The van der Waals surface area contributed by atoms with Gasteiger partial charge in [0.2, 0.25) is 0 Å². The topological polar surface area (TPSA) is 37.8 Å². The van der Waals surface area contributed by atoms with E-state index in [9.17, 15) is 0 Å². The molecule has 1 aliphatic heterocycles. The van der Waals surface area contributed by atoms with Crippen LogP contribution < -0.4 is 5.32 Å². The number of benzene rings is 1. The van der Waals surface area contributed by atoms with Gasteiger partial charge in [0.05, 0.1) is 5.69 Å². The quantitative estimate of drug-likeness (QED) is 0.807. The molecular weight excluding hydrogens is 390 g/mol. The Morgan fingerprint density at radius 3 is 2.74 bits per heavy atom. The highest BCUT2D eigenvalue weighted by Gasteiger charge is 2.19. The summed E-state index contributed by atoms with van der Waals surface area (Å²) in [7, 11) is 1.91. The molecule has 0 spiro atoms. The molecule has 0 bridgehead atoms. The molecule has 1 aliphatic rings. The molecule has 6 heteroatoms. The summed E-state index contributed by atoms with van der Waals surface area (Å²) in [5, 5.41) is 3.18. The number of halogens is 2. The van der Waals surface area contributed by atoms with E-state index in [1.54, 1.807) is 0 Å². The van der Waals surface area contributed by atoms with E-state index in [2.05, 4.69) is 42.2 Å². The summed E-state index contributed by atoms with van der Waals surface area (Å²) in [6.07, 6.45) is 0. The SMILES string of the molecule is CNc1nc(-c2ccc(Br)c(Br)c2)nc2c1CSC2. The Balaban J connectivity index is 2.12. The van der Waals surface area contributed by atoms with Gasteiger partial charge in [0.1, 0.15) is 5.82 Å². The average Bonchev–Trinajstić information content (AvgIpc) is 2.89. The van der Waals surface area contributed by atoms with Gasteiger partial charge in [-0.2, -0.15) is 11.8 Å². The standard InChI is InChI=1S/C13H11Br2N3S/c1-16-13-8-5-19-6-11(8)17-12(18-13)7-2-3-9(14)10(15)4-7/h2-4H,5-6H2,1H3,(H,16,17,18). The van der Waals surface area contributed by atoms with Gasteiger partial charge in [0, 0.05) is 38.6 Å². The zero-order valence-corrected chi connectivity index (χ0v) is 14.2. The molecule has 3 rings (SSSR count). The van der Waals surface area contributed by atoms with Crippen LogP contribution in [0.2, 0.25) is 0 Å². The fourth-order valence-corrected chi connectivity index (χ4v) is 3.69. The first kappa shape index (κ1) is 13.4. The maximum absolute atomic E-state index is 4.69. The van der Waals surface area contributed by atoms with E-state index in [4.69, 9.17) is 4.98 Å². The summed E-state index contributed by atoms with van der Waals surface area (Å²) in [5.41, 5.74) is 3.41. The van der Waals surface area contributed by atoms with Gasteiger partial charge >= 0.3 is 0 Å². The van der Waals surface area contributed by atoms with E-state index in [-0.39, 0.29) is 0 Å². The van der Waals surface area contributed by atoms with Crippen molar-refractivity contribution in [1.29, 1.82) is 0 Å². The third kappa shape index (κ3) is 2.53. The molecule has 19 heavy (non-hydrogen) atoms. The van der Waals surface area contributed by atoms with E-state index < -0.39 is 0 Å². The van der Waals surface area contributed by atoms with E-state index in [0.717, 1.165) is 43.4 Å². The van der Waals surface area contributed by atoms with Crippen LogP contribution in [-0.2, 0) is 11.5 Å². The molecule has 0 unspecified atom stereocenters. The van der Waals surface area contributed by atoms with Crippen molar-refractivity contribution in [3.63, 3.8) is 0 Å². The van der Waals surface area contributed by atoms with Gasteiger partial charge < -0.3 is 5.32 Å². The smallest absolute Gasteiger partial charge is 0.161 e. The number of hydrogen-bond donors (Lipinski definition) is 1. The molecule has 1 aromatic carbocycles. The minimum Gasteiger partial charge on any atom is -0.373 e. The first-order valence-corrected chi connectivity index (χ1v) is 8.54. The normalized spacial score (nSPS) is 13.4. The van der Waals surface area contributed by atoms with Gasteiger partial charge in [0.15, 0.2) is 5.82 Å². The first-order chi connectivity index (χ1) is 9.19. The molecule has 1 N–H and O–H groups in total. The van der Waals surface area contributed by atoms with Crippen molar-refractivity contribution in [3.05, 3.63) is 38.4 Å². The number of fused-ring (bicyclic) bond motifs is 1. The highest BCUT2D eigenvalue weighted by Crippen LogP contribution is 2.35. The van der Waals surface area contributed by atoms with Crippen LogP contribution in [-0.4, -0.2) is 17.0 Å². The fraction of sp³-hybridized carbons (Fsp3) is 0.231. The molecule has 0 radical (unpaired) electrons. The lowest BCUT2D eigenvalue weighted by molar-refractivity contribution is 1.07. The van der Waals surface area contributed by atoms with Gasteiger partial charge in [-0.25, -0.2) is 9.97 Å². The third-order valence-electron chi connectivity index (χ3n) is 2.99. The zero-order chi connectivity index (χ0) is 13.4. The number of aromatic nitrogens is 2. The molecule has 3 nitrogen and oxygen atoms in total. The van der Waals surface area contributed by atoms with Gasteiger partial charge in [-0.1, -0.05) is 0 Å². The molecular formula is C13H11Br2N3S. The maximum atomic E-state index is 4.69. The number of anilines is 1. The monoisotopic (exact) mass is 399 g/mol. The summed E-state index contributed by atoms with van der Waals surface area (Å²) in [4.78, 5) is 9.33. The molecule has 2 heterocycles. The van der Waals surface area contributed by atoms with Crippen LogP contribution in [0, 0.1) is 0 Å². The van der Waals surface area contributed by atoms with Crippen molar-refractivity contribution in [2.75, 3.05) is 12.4 Å². The second-order valence-electron chi connectivity index (χ2n) is 4.19. The van der Waals surface area contributed by atoms with Crippen molar-refractivity contribution < 1.29 is 0 Å². The van der Waals surface area contributed by atoms with Gasteiger partial charge in [-0.15, -0.1) is 0 Å². The predicted octanol–water partition coefficient (Wildman–Crippen LogP) is 4.46. The number of nitrogens with one attached hydrogen (secondary N) is 1. The fourth-order valence-electron chi connectivity index (χ4n) is 2.02. The number of thioether (sulfide) groups is 1. The van der Waals surface area contributed by atoms with Crippen molar-refractivity contribution in [3.8, 4) is 11.4 Å². The van der Waals surface area contributed by atoms with E-state index in [1.165, 1.54) is 5.56 Å². The zero-order valence-electron chi connectivity index (χ0n) is 10.2. The summed E-state index contributed by atoms with van der Waals surface area (Å²) in [5.74, 6) is 3.69. The van der Waals surface area contributed by atoms with E-state index in [0.29, 0.717) is 0 Å². The summed E-state index contributed by atoms with van der Waals surface area (Å²) >= 11 is 8.88. The molecule has 0 fully saturated rings. The minimum absolute atomic E-state index is 0.777. The van der Waals surface area contributed by atoms with Crippen LogP contribution in [0.5, 0.6) is 0 Å². The number of nitrogens with zero attached hydrogens (tertiary/aromatic N) is 2. The van der Waals surface area contributed by atoms with E-state index in [1.807, 2.05) is 37.0 Å². The van der Waals surface area contributed by atoms with Gasteiger partial charge in [-0.05, 0) is 50.1 Å². The van der Waals surface area contributed by atoms with Gasteiger partial charge in [0.25, 0.3) is 0 Å². The Bertz CT molecular complexity index is 646. The Kier molecular flexibility index (Phi) is 3.82. The summed E-state index contributed by atoms with van der Waals surface area (Å²) < 4.78 is 2.04. The molecule has 0 aliphatic carbocycles. The predicted molar refractivity (Wildman–Crippen MR) is 87.4 cm³/mol. The van der Waals surface area contributed by atoms with Crippen LogP contribution in [0.3, 0.4) is 0 Å². The average molecular weight is 401 g/mol. The second-order valence-corrected chi connectivity index (χ2v) is 6.89. The van der Waals surface area contributed by atoms with Crippen LogP contribution >= 0.6 is 43.6 Å². The first-order valence-electron chi connectivity index (χ1n) is 5.79. The lowest BCUT2D eigenvalue weighted by atomic mass is 10.2. The molecule has 0 saturated heterocycles. The Labute approximate surface area is 132 Å². The lowest BCUT2D eigenvalue weighted by Crippen LogP contribution is -2.03. The second kappa shape index (κ2) is 5.42. The van der Waals surface area contributed by atoms with Crippen molar-refractivity contribution in [1.82, 2.24) is 9.97 Å². The Hall–Kier alpha value is -0.590. The van der Waals surface area contributed by atoms with Crippen LogP contribution in [0.15, 0.2) is 27.1 Å². The minimum atomic E-state index is 0.777. The van der Waals surface area contributed by atoms with Crippen molar-refractivity contribution >= 4 is 49.4 Å². The van der Waals surface area contributed by atoms with Crippen LogP contribution in [0.4, 0.5) is 5.82 Å². The number of hydrogen-bond acceptors (Lipinski definition) is 4. The highest BCUT2D eigenvalue weighted by atomic mass is 79.9. The molecule has 2 aromatic rings. The van der Waals surface area contributed by atoms with Gasteiger partial charge in [-0.3, -0.25) is 0 Å². The van der Waals surface area contributed by atoms with E-state index >= 15 is 0 Å². The summed E-state index contributed by atoms with van der Waals surface area (Å²) in [6, 6.07) is 6.06. The van der Waals surface area contributed by atoms with Crippen molar-refractivity contribution in [2.24, 2.45) is 0 Å². The van der Waals surface area contributed by atoms with Crippen molar-refractivity contribution in [2.45, 2.75) is 11.5 Å². The molecule has 0 atom stereocenters. The largest absolute Gasteiger partial charge is 0.373 e. The molecule has 0 amide bonds. The highest BCUT2D eigenvalue weighted by molar-refractivity contribution is 9.13. The Morgan fingerprint density at radius 2 is 2.00 bits per heavy atom. The maximum Gasteiger partial charge on any atom is 0.161 e. The molecule has 98 valence electrons. The molecule has 1 aromatic heterocycles. The van der Waals surface area contributed by atoms with Crippen LogP contribution in [0.25, 0.3) is 11.4 Å². The number of rotatable bonds is 2. The third-order valence-corrected chi connectivity index (χ3v) is 5.84. The summed E-state index contributed by atoms with van der Waals surface area (Å²) in [6.45, 7) is 0.